The van der Waals surface area contributed by atoms with Gasteiger partial charge in [0.05, 0.1) is 14.2 Å². The highest BCUT2D eigenvalue weighted by Gasteiger charge is 2.25. The van der Waals surface area contributed by atoms with Gasteiger partial charge in [-0.05, 0) is 63.2 Å². The largest absolute Gasteiger partial charge is 0.496 e. The summed E-state index contributed by atoms with van der Waals surface area (Å²) in [4.78, 5) is 0. The lowest BCUT2D eigenvalue weighted by Crippen LogP contribution is -2.07. The first kappa shape index (κ1) is 20.9. The fourth-order valence-electron chi connectivity index (χ4n) is 5.69. The fourth-order valence-corrected chi connectivity index (χ4v) is 5.69. The molecule has 1 aliphatic rings. The summed E-state index contributed by atoms with van der Waals surface area (Å²) < 4.78 is 12.1. The molecule has 0 N–H and O–H groups in total. The van der Waals surface area contributed by atoms with Crippen LogP contribution in [0.4, 0.5) is 0 Å². The molecule has 0 heterocycles. The molecular weight excluding hydrogens is 416 g/mol. The molecule has 0 amide bonds. The molecule has 1 aliphatic carbocycles. The predicted molar refractivity (Wildman–Crippen MR) is 142 cm³/mol. The van der Waals surface area contributed by atoms with E-state index in [9.17, 15) is 0 Å². The molecule has 34 heavy (non-hydrogen) atoms. The zero-order chi connectivity index (χ0) is 23.4. The molecule has 0 unspecified atom stereocenters. The van der Waals surface area contributed by atoms with Crippen molar-refractivity contribution in [3.63, 3.8) is 0 Å². The maximum atomic E-state index is 6.04. The fraction of sp³-hybridized carbons (Fsp3) is 0.219. The Kier molecular flexibility index (Phi) is 4.91. The molecule has 5 aromatic rings. The third-order valence-electron chi connectivity index (χ3n) is 7.42. The zero-order valence-electron chi connectivity index (χ0n) is 20.2. The Balaban J connectivity index is 1.83. The van der Waals surface area contributed by atoms with Crippen LogP contribution in [0.5, 0.6) is 11.5 Å². The van der Waals surface area contributed by atoms with Crippen molar-refractivity contribution in [2.75, 3.05) is 14.2 Å². The molecule has 2 nitrogen and oxygen atoms in total. The lowest BCUT2D eigenvalue weighted by molar-refractivity contribution is 0.410. The Morgan fingerprint density at radius 3 is 1.88 bits per heavy atom. The standard InChI is InChI=1S/C32H29O2/c1-19(2)22-13-23-15-27-29(33-3)17-20-9-5-7-11-25(20)31(27)32-26-12-8-6-10-21(26)18-30(34-4)28(32)16-24(23)14-22/h5-14,17-19H,15-16H2,1-4H3/q-1. The number of benzene rings is 4. The first-order valence-corrected chi connectivity index (χ1v) is 12.0. The maximum Gasteiger partial charge on any atom is 0.123 e. The molecule has 0 radical (unpaired) electrons. The van der Waals surface area contributed by atoms with Crippen LogP contribution in [0.3, 0.4) is 0 Å². The third-order valence-corrected chi connectivity index (χ3v) is 7.42. The topological polar surface area (TPSA) is 18.5 Å². The quantitative estimate of drug-likeness (QED) is 0.257. The smallest absolute Gasteiger partial charge is 0.123 e. The van der Waals surface area contributed by atoms with Gasteiger partial charge < -0.3 is 9.47 Å². The highest BCUT2D eigenvalue weighted by Crippen LogP contribution is 2.48. The summed E-state index contributed by atoms with van der Waals surface area (Å²) >= 11 is 0. The minimum Gasteiger partial charge on any atom is -0.496 e. The monoisotopic (exact) mass is 445 g/mol. The van der Waals surface area contributed by atoms with Gasteiger partial charge in [0.2, 0.25) is 0 Å². The average Bonchev–Trinajstić information content (AvgIpc) is 3.24. The number of hydrogen-bond donors (Lipinski definition) is 0. The van der Waals surface area contributed by atoms with Gasteiger partial charge in [0, 0.05) is 5.56 Å². The van der Waals surface area contributed by atoms with Crippen LogP contribution < -0.4 is 9.47 Å². The van der Waals surface area contributed by atoms with E-state index in [0.717, 1.165) is 24.3 Å². The van der Waals surface area contributed by atoms with Crippen LogP contribution in [0.1, 0.15) is 47.6 Å². The van der Waals surface area contributed by atoms with Crippen LogP contribution in [0, 0.1) is 0 Å². The number of hydrogen-bond acceptors (Lipinski definition) is 2. The molecule has 0 spiro atoms. The van der Waals surface area contributed by atoms with Crippen LogP contribution in [0.2, 0.25) is 0 Å². The second-order valence-corrected chi connectivity index (χ2v) is 9.65. The minimum absolute atomic E-state index is 0.490. The Hall–Kier alpha value is -3.65. The first-order chi connectivity index (χ1) is 16.6. The van der Waals surface area contributed by atoms with Gasteiger partial charge >= 0.3 is 0 Å². The van der Waals surface area contributed by atoms with Crippen LogP contribution in [-0.4, -0.2) is 14.2 Å². The van der Waals surface area contributed by atoms with E-state index in [0.29, 0.717) is 5.92 Å². The molecule has 0 fully saturated rings. The molecule has 0 aliphatic heterocycles. The Morgan fingerprint density at radius 2 is 1.29 bits per heavy atom. The molecule has 0 saturated carbocycles. The van der Waals surface area contributed by atoms with Gasteiger partial charge in [-0.15, -0.1) is 5.56 Å². The van der Waals surface area contributed by atoms with Crippen LogP contribution >= 0.6 is 0 Å². The second-order valence-electron chi connectivity index (χ2n) is 9.65. The van der Waals surface area contributed by atoms with Crippen LogP contribution in [0.25, 0.3) is 32.7 Å². The van der Waals surface area contributed by atoms with E-state index in [-0.39, 0.29) is 0 Å². The van der Waals surface area contributed by atoms with Gasteiger partial charge in [-0.2, -0.15) is 17.2 Å². The van der Waals surface area contributed by atoms with Crippen molar-refractivity contribution in [2.24, 2.45) is 0 Å². The lowest BCUT2D eigenvalue weighted by atomic mass is 9.80. The predicted octanol–water partition coefficient (Wildman–Crippen LogP) is 8.01. The van der Waals surface area contributed by atoms with Crippen molar-refractivity contribution in [2.45, 2.75) is 32.6 Å². The third kappa shape index (κ3) is 3.13. The van der Waals surface area contributed by atoms with Crippen molar-refractivity contribution in [1.29, 1.82) is 0 Å². The minimum atomic E-state index is 0.490. The van der Waals surface area contributed by atoms with E-state index in [1.807, 2.05) is 0 Å². The van der Waals surface area contributed by atoms with Crippen LogP contribution in [0.15, 0.2) is 72.8 Å². The summed E-state index contributed by atoms with van der Waals surface area (Å²) in [6.45, 7) is 4.54. The van der Waals surface area contributed by atoms with E-state index in [2.05, 4.69) is 86.6 Å². The van der Waals surface area contributed by atoms with E-state index < -0.39 is 0 Å². The number of ether oxygens (including phenoxy) is 2. The van der Waals surface area contributed by atoms with Crippen molar-refractivity contribution >= 4 is 21.5 Å². The molecule has 0 saturated heterocycles. The lowest BCUT2D eigenvalue weighted by Gasteiger charge is -2.27. The molecule has 5 aromatic carbocycles. The highest BCUT2D eigenvalue weighted by molar-refractivity contribution is 6.10. The van der Waals surface area contributed by atoms with Gasteiger partial charge in [0.1, 0.15) is 11.5 Å². The van der Waals surface area contributed by atoms with Crippen molar-refractivity contribution in [3.8, 4) is 22.6 Å². The summed E-state index contributed by atoms with van der Waals surface area (Å²) in [6.07, 6.45) is 1.72. The van der Waals surface area contributed by atoms with Gasteiger partial charge in [0.25, 0.3) is 0 Å². The number of methoxy groups -OCH3 is 2. The van der Waals surface area contributed by atoms with E-state index >= 15 is 0 Å². The molecular formula is C32H29O2-. The van der Waals surface area contributed by atoms with Gasteiger partial charge in [-0.1, -0.05) is 68.3 Å². The summed E-state index contributed by atoms with van der Waals surface area (Å²) in [6, 6.07) is 26.5. The van der Waals surface area contributed by atoms with Crippen molar-refractivity contribution in [3.05, 3.63) is 101 Å². The van der Waals surface area contributed by atoms with Gasteiger partial charge in [-0.25, -0.2) is 6.07 Å². The molecule has 0 atom stereocenters. The van der Waals surface area contributed by atoms with Gasteiger partial charge in [0.15, 0.2) is 0 Å². The summed E-state index contributed by atoms with van der Waals surface area (Å²) in [5, 5.41) is 4.92. The SMILES string of the molecule is COc1cc2ccccc2c2c1Cc1cc(C(C)C)c[c-]1Cc1c(OC)cc3ccccc3c1-2. The van der Waals surface area contributed by atoms with E-state index in [1.54, 1.807) is 14.2 Å². The molecule has 0 aromatic heterocycles. The summed E-state index contributed by atoms with van der Waals surface area (Å²) in [7, 11) is 3.58. The number of fused-ring (bicyclic) bond motifs is 8. The van der Waals surface area contributed by atoms with Crippen molar-refractivity contribution in [1.82, 2.24) is 0 Å². The average molecular weight is 446 g/mol. The molecule has 2 heteroatoms. The summed E-state index contributed by atoms with van der Waals surface area (Å²) in [5.74, 6) is 2.39. The summed E-state index contributed by atoms with van der Waals surface area (Å²) in [5.41, 5.74) is 9.23. The van der Waals surface area contributed by atoms with E-state index in [4.69, 9.17) is 9.47 Å². The Bertz CT molecular complexity index is 1440. The molecule has 170 valence electrons. The first-order valence-electron chi connectivity index (χ1n) is 12.0. The van der Waals surface area contributed by atoms with E-state index in [1.165, 1.54) is 60.5 Å². The van der Waals surface area contributed by atoms with Gasteiger partial charge in [-0.3, -0.25) is 0 Å². The second kappa shape index (κ2) is 7.99. The Labute approximate surface area is 201 Å². The molecule has 6 rings (SSSR count). The maximum absolute atomic E-state index is 6.04. The molecule has 0 bridgehead atoms. The highest BCUT2D eigenvalue weighted by atomic mass is 16.5. The number of rotatable bonds is 3. The van der Waals surface area contributed by atoms with Crippen molar-refractivity contribution < 1.29 is 9.47 Å². The Morgan fingerprint density at radius 1 is 0.735 bits per heavy atom. The normalized spacial score (nSPS) is 12.7. The van der Waals surface area contributed by atoms with Crippen LogP contribution in [-0.2, 0) is 12.8 Å². The zero-order valence-corrected chi connectivity index (χ0v) is 20.2.